The lowest BCUT2D eigenvalue weighted by Gasteiger charge is -2.15. The molecule has 138 valence electrons. The Morgan fingerprint density at radius 2 is 2.04 bits per heavy atom. The standard InChI is InChI=1S/C18H26N4OS.HI/c1-13(2)23-17-8-7-15(11-20-17)12-22-18(19-4)21-10-14(3)16-6-5-9-24-16;/h5-9,11,13-14H,10,12H2,1-4H3,(H2,19,21,22);1H. The van der Waals surface area contributed by atoms with Crippen LogP contribution >= 0.6 is 35.3 Å². The molecule has 0 radical (unpaired) electrons. The summed E-state index contributed by atoms with van der Waals surface area (Å²) < 4.78 is 5.55. The minimum Gasteiger partial charge on any atom is -0.475 e. The van der Waals surface area contributed by atoms with E-state index < -0.39 is 0 Å². The summed E-state index contributed by atoms with van der Waals surface area (Å²) in [5.74, 6) is 1.90. The van der Waals surface area contributed by atoms with Gasteiger partial charge in [-0.2, -0.15) is 0 Å². The Kier molecular flexibility index (Phi) is 9.81. The number of pyridine rings is 1. The highest BCUT2D eigenvalue weighted by molar-refractivity contribution is 14.0. The smallest absolute Gasteiger partial charge is 0.213 e. The monoisotopic (exact) mass is 474 g/mol. The highest BCUT2D eigenvalue weighted by Crippen LogP contribution is 2.19. The number of guanidine groups is 1. The second kappa shape index (κ2) is 11.3. The molecule has 2 N–H and O–H groups in total. The SMILES string of the molecule is CN=C(NCc1ccc(OC(C)C)nc1)NCC(C)c1cccs1.I. The number of thiophene rings is 1. The molecule has 1 atom stereocenters. The van der Waals surface area contributed by atoms with E-state index in [4.69, 9.17) is 4.74 Å². The number of rotatable bonds is 7. The van der Waals surface area contributed by atoms with Crippen LogP contribution in [0.5, 0.6) is 5.88 Å². The molecule has 2 rings (SSSR count). The summed E-state index contributed by atoms with van der Waals surface area (Å²) in [4.78, 5) is 9.95. The average Bonchev–Trinajstić information content (AvgIpc) is 3.10. The van der Waals surface area contributed by atoms with Gasteiger partial charge in [0.2, 0.25) is 5.88 Å². The van der Waals surface area contributed by atoms with E-state index in [9.17, 15) is 0 Å². The van der Waals surface area contributed by atoms with Gasteiger partial charge in [-0.1, -0.05) is 19.1 Å². The van der Waals surface area contributed by atoms with Gasteiger partial charge in [-0.05, 0) is 30.9 Å². The van der Waals surface area contributed by atoms with Crippen LogP contribution in [-0.4, -0.2) is 30.6 Å². The average molecular weight is 474 g/mol. The van der Waals surface area contributed by atoms with Gasteiger partial charge in [-0.3, -0.25) is 4.99 Å². The molecule has 0 aliphatic heterocycles. The minimum atomic E-state index is 0. The number of hydrogen-bond donors (Lipinski definition) is 2. The van der Waals surface area contributed by atoms with Crippen molar-refractivity contribution in [2.45, 2.75) is 39.3 Å². The van der Waals surface area contributed by atoms with Crippen molar-refractivity contribution in [2.24, 2.45) is 4.99 Å². The zero-order chi connectivity index (χ0) is 17.4. The third-order valence-corrected chi connectivity index (χ3v) is 4.55. The number of aromatic nitrogens is 1. The molecule has 2 aromatic heterocycles. The Labute approximate surface area is 171 Å². The molecule has 0 spiro atoms. The van der Waals surface area contributed by atoms with E-state index in [1.807, 2.05) is 32.2 Å². The zero-order valence-corrected chi connectivity index (χ0v) is 18.3. The van der Waals surface area contributed by atoms with Crippen molar-refractivity contribution in [1.82, 2.24) is 15.6 Å². The van der Waals surface area contributed by atoms with Gasteiger partial charge in [-0.15, -0.1) is 35.3 Å². The van der Waals surface area contributed by atoms with Crippen molar-refractivity contribution in [2.75, 3.05) is 13.6 Å². The van der Waals surface area contributed by atoms with Crippen LogP contribution in [0.3, 0.4) is 0 Å². The highest BCUT2D eigenvalue weighted by Gasteiger charge is 2.07. The van der Waals surface area contributed by atoms with E-state index in [-0.39, 0.29) is 30.1 Å². The molecule has 0 aromatic carbocycles. The molecule has 0 saturated carbocycles. The fourth-order valence-corrected chi connectivity index (χ4v) is 2.94. The zero-order valence-electron chi connectivity index (χ0n) is 15.2. The first-order chi connectivity index (χ1) is 11.6. The van der Waals surface area contributed by atoms with Gasteiger partial charge >= 0.3 is 0 Å². The lowest BCUT2D eigenvalue weighted by molar-refractivity contribution is 0.232. The molecule has 7 heteroatoms. The summed E-state index contributed by atoms with van der Waals surface area (Å²) in [5, 5.41) is 8.78. The van der Waals surface area contributed by atoms with Crippen LogP contribution in [0, 0.1) is 0 Å². The van der Waals surface area contributed by atoms with Crippen molar-refractivity contribution in [3.8, 4) is 5.88 Å². The maximum atomic E-state index is 5.55. The Bertz CT molecular complexity index is 629. The number of ether oxygens (including phenoxy) is 1. The van der Waals surface area contributed by atoms with E-state index in [1.54, 1.807) is 18.4 Å². The molecule has 0 saturated heterocycles. The molecular formula is C18H27IN4OS. The molecule has 5 nitrogen and oxygen atoms in total. The van der Waals surface area contributed by atoms with Crippen molar-refractivity contribution in [1.29, 1.82) is 0 Å². The van der Waals surface area contributed by atoms with Crippen LogP contribution < -0.4 is 15.4 Å². The second-order valence-electron chi connectivity index (χ2n) is 5.89. The molecular weight excluding hydrogens is 447 g/mol. The van der Waals surface area contributed by atoms with Crippen molar-refractivity contribution < 1.29 is 4.74 Å². The number of halogens is 1. The molecule has 1 unspecified atom stereocenters. The maximum absolute atomic E-state index is 5.55. The van der Waals surface area contributed by atoms with E-state index in [0.717, 1.165) is 18.1 Å². The lowest BCUT2D eigenvalue weighted by atomic mass is 10.1. The first kappa shape index (κ1) is 21.7. The molecule has 2 aromatic rings. The molecule has 0 amide bonds. The van der Waals surface area contributed by atoms with E-state index >= 15 is 0 Å². The first-order valence-corrected chi connectivity index (χ1v) is 9.06. The Morgan fingerprint density at radius 1 is 1.24 bits per heavy atom. The molecule has 0 fully saturated rings. The van der Waals surface area contributed by atoms with Crippen LogP contribution in [0.25, 0.3) is 0 Å². The largest absolute Gasteiger partial charge is 0.475 e. The number of nitrogens with one attached hydrogen (secondary N) is 2. The summed E-state index contributed by atoms with van der Waals surface area (Å²) in [7, 11) is 1.78. The maximum Gasteiger partial charge on any atom is 0.213 e. The van der Waals surface area contributed by atoms with Gasteiger partial charge in [0.1, 0.15) is 0 Å². The third kappa shape index (κ3) is 7.60. The topological polar surface area (TPSA) is 58.5 Å². The van der Waals surface area contributed by atoms with Crippen molar-refractivity contribution in [3.05, 3.63) is 46.3 Å². The second-order valence-corrected chi connectivity index (χ2v) is 6.87. The van der Waals surface area contributed by atoms with Crippen LogP contribution in [0.1, 0.15) is 37.1 Å². The normalized spacial score (nSPS) is 12.4. The van der Waals surface area contributed by atoms with E-state index in [1.165, 1.54) is 4.88 Å². The highest BCUT2D eigenvalue weighted by atomic mass is 127. The summed E-state index contributed by atoms with van der Waals surface area (Å²) >= 11 is 1.79. The summed E-state index contributed by atoms with van der Waals surface area (Å²) in [6.07, 6.45) is 1.96. The summed E-state index contributed by atoms with van der Waals surface area (Å²) in [6, 6.07) is 8.16. The van der Waals surface area contributed by atoms with Gasteiger partial charge < -0.3 is 15.4 Å². The van der Waals surface area contributed by atoms with E-state index in [0.29, 0.717) is 18.3 Å². The molecule has 0 aliphatic carbocycles. The Balaban J connectivity index is 0.00000312. The number of nitrogens with zero attached hydrogens (tertiary/aromatic N) is 2. The summed E-state index contributed by atoms with van der Waals surface area (Å²) in [5.41, 5.74) is 1.08. The Morgan fingerprint density at radius 3 is 2.60 bits per heavy atom. The van der Waals surface area contributed by atoms with Crippen molar-refractivity contribution >= 4 is 41.3 Å². The minimum absolute atomic E-state index is 0. The van der Waals surface area contributed by atoms with Crippen LogP contribution in [-0.2, 0) is 6.54 Å². The van der Waals surface area contributed by atoms with Crippen LogP contribution in [0.15, 0.2) is 40.8 Å². The predicted octanol–water partition coefficient (Wildman–Crippen LogP) is 4.02. The quantitative estimate of drug-likeness (QED) is 0.362. The third-order valence-electron chi connectivity index (χ3n) is 3.44. The van der Waals surface area contributed by atoms with Gasteiger partial charge in [-0.25, -0.2) is 4.98 Å². The number of hydrogen-bond acceptors (Lipinski definition) is 4. The van der Waals surface area contributed by atoms with Crippen LogP contribution in [0.2, 0.25) is 0 Å². The van der Waals surface area contributed by atoms with Crippen LogP contribution in [0.4, 0.5) is 0 Å². The van der Waals surface area contributed by atoms with Gasteiger partial charge in [0.25, 0.3) is 0 Å². The number of aliphatic imine (C=N–C) groups is 1. The van der Waals surface area contributed by atoms with Gasteiger partial charge in [0.15, 0.2) is 5.96 Å². The lowest BCUT2D eigenvalue weighted by Crippen LogP contribution is -2.38. The Hall–Kier alpha value is -1.35. The molecule has 0 bridgehead atoms. The van der Waals surface area contributed by atoms with Gasteiger partial charge in [0, 0.05) is 43.2 Å². The van der Waals surface area contributed by atoms with E-state index in [2.05, 4.69) is 45.0 Å². The first-order valence-electron chi connectivity index (χ1n) is 8.18. The summed E-state index contributed by atoms with van der Waals surface area (Å²) in [6.45, 7) is 7.71. The predicted molar refractivity (Wildman–Crippen MR) is 116 cm³/mol. The molecule has 0 aliphatic rings. The van der Waals surface area contributed by atoms with Gasteiger partial charge in [0.05, 0.1) is 6.10 Å². The molecule has 25 heavy (non-hydrogen) atoms. The molecule has 2 heterocycles. The fraction of sp³-hybridized carbons (Fsp3) is 0.444. The fourth-order valence-electron chi connectivity index (χ4n) is 2.16. The van der Waals surface area contributed by atoms with Crippen molar-refractivity contribution in [3.63, 3.8) is 0 Å².